The molecule has 1 aromatic heterocycles. The number of hydrogen-bond acceptors (Lipinski definition) is 4. The van der Waals surface area contributed by atoms with E-state index in [1.165, 1.54) is 24.1 Å². The summed E-state index contributed by atoms with van der Waals surface area (Å²) in [5.74, 6) is 0.997. The Balaban J connectivity index is 1.41. The number of rotatable bonds is 6. The first-order chi connectivity index (χ1) is 14.0. The first-order valence-corrected chi connectivity index (χ1v) is 9.91. The summed E-state index contributed by atoms with van der Waals surface area (Å²) in [6, 6.07) is 17.6. The molecule has 6 nitrogen and oxygen atoms in total. The van der Waals surface area contributed by atoms with Crippen LogP contribution < -0.4 is 10.5 Å². The Morgan fingerprint density at radius 1 is 1.14 bits per heavy atom. The van der Waals surface area contributed by atoms with Crippen LogP contribution >= 0.6 is 0 Å². The monoisotopic (exact) mass is 390 g/mol. The molecule has 4 rings (SSSR count). The standard InChI is InChI=1S/C23H26N4O2/c1-16-14-22(26(2)25-16)21-4-3-13-27(21)15-17-5-9-19(10-6-17)29-20-11-7-18(8-12-20)23(24)28/h5-12,14,21H,3-4,13,15H2,1-2H3,(H2,24,28)/t21-/m0/s1. The van der Waals surface area contributed by atoms with Gasteiger partial charge in [-0.3, -0.25) is 14.4 Å². The van der Waals surface area contributed by atoms with Crippen LogP contribution in [0.3, 0.4) is 0 Å². The number of likely N-dealkylation sites (tertiary alicyclic amines) is 1. The number of amides is 1. The van der Waals surface area contributed by atoms with Crippen LogP contribution in [0.2, 0.25) is 0 Å². The fourth-order valence-electron chi connectivity index (χ4n) is 4.01. The number of nitrogens with zero attached hydrogens (tertiary/aromatic N) is 3. The van der Waals surface area contributed by atoms with Gasteiger partial charge in [0, 0.05) is 19.2 Å². The van der Waals surface area contributed by atoms with E-state index in [2.05, 4.69) is 28.2 Å². The Hall–Kier alpha value is -3.12. The van der Waals surface area contributed by atoms with Crippen LogP contribution in [0.1, 0.15) is 46.2 Å². The molecule has 2 heterocycles. The summed E-state index contributed by atoms with van der Waals surface area (Å²) in [5.41, 5.74) is 9.35. The zero-order valence-corrected chi connectivity index (χ0v) is 16.8. The van der Waals surface area contributed by atoms with Crippen molar-refractivity contribution < 1.29 is 9.53 Å². The van der Waals surface area contributed by atoms with Gasteiger partial charge in [-0.05, 0) is 74.3 Å². The van der Waals surface area contributed by atoms with Crippen molar-refractivity contribution >= 4 is 5.91 Å². The molecule has 1 atom stereocenters. The van der Waals surface area contributed by atoms with Crippen LogP contribution in [0.5, 0.6) is 11.5 Å². The third-order valence-corrected chi connectivity index (χ3v) is 5.43. The minimum atomic E-state index is -0.442. The third-order valence-electron chi connectivity index (χ3n) is 5.43. The maximum atomic E-state index is 11.2. The SMILES string of the molecule is Cc1cc([C@@H]2CCCN2Cc2ccc(Oc3ccc(C(N)=O)cc3)cc2)n(C)n1. The molecule has 0 aliphatic carbocycles. The second-order valence-corrected chi connectivity index (χ2v) is 7.60. The normalized spacial score (nSPS) is 16.8. The minimum absolute atomic E-state index is 0.417. The molecule has 150 valence electrons. The van der Waals surface area contributed by atoms with Crippen molar-refractivity contribution in [1.82, 2.24) is 14.7 Å². The Bertz CT molecular complexity index is 993. The predicted octanol–water partition coefficient (Wildman–Crippen LogP) is 3.96. The van der Waals surface area contributed by atoms with Crippen molar-refractivity contribution in [2.24, 2.45) is 12.8 Å². The van der Waals surface area contributed by atoms with Gasteiger partial charge in [-0.25, -0.2) is 0 Å². The molecule has 0 bridgehead atoms. The van der Waals surface area contributed by atoms with Crippen molar-refractivity contribution in [2.45, 2.75) is 32.4 Å². The molecule has 0 saturated carbocycles. The minimum Gasteiger partial charge on any atom is -0.457 e. The topological polar surface area (TPSA) is 73.4 Å². The molecule has 0 unspecified atom stereocenters. The molecular formula is C23H26N4O2. The summed E-state index contributed by atoms with van der Waals surface area (Å²) in [7, 11) is 2.03. The van der Waals surface area contributed by atoms with E-state index in [9.17, 15) is 4.79 Å². The van der Waals surface area contributed by atoms with Gasteiger partial charge in [0.1, 0.15) is 11.5 Å². The smallest absolute Gasteiger partial charge is 0.248 e. The van der Waals surface area contributed by atoms with Crippen molar-refractivity contribution in [1.29, 1.82) is 0 Å². The highest BCUT2D eigenvalue weighted by atomic mass is 16.5. The Kier molecular flexibility index (Phi) is 5.36. The Morgan fingerprint density at radius 3 is 2.38 bits per heavy atom. The summed E-state index contributed by atoms with van der Waals surface area (Å²) in [6.45, 7) is 4.05. The van der Waals surface area contributed by atoms with Gasteiger partial charge in [-0.2, -0.15) is 5.10 Å². The van der Waals surface area contributed by atoms with Crippen LogP contribution in [0.4, 0.5) is 0 Å². The largest absolute Gasteiger partial charge is 0.457 e. The van der Waals surface area contributed by atoms with Gasteiger partial charge >= 0.3 is 0 Å². The van der Waals surface area contributed by atoms with E-state index in [1.807, 2.05) is 30.8 Å². The van der Waals surface area contributed by atoms with Crippen LogP contribution in [0.15, 0.2) is 54.6 Å². The number of nitrogens with two attached hydrogens (primary N) is 1. The number of carbonyl (C=O) groups excluding carboxylic acids is 1. The van der Waals surface area contributed by atoms with Crippen molar-refractivity contribution in [3.8, 4) is 11.5 Å². The van der Waals surface area contributed by atoms with Crippen LogP contribution in [-0.4, -0.2) is 27.1 Å². The van der Waals surface area contributed by atoms with Gasteiger partial charge < -0.3 is 10.5 Å². The Morgan fingerprint density at radius 2 is 1.79 bits per heavy atom. The van der Waals surface area contributed by atoms with Crippen LogP contribution in [0.25, 0.3) is 0 Å². The molecule has 2 N–H and O–H groups in total. The second-order valence-electron chi connectivity index (χ2n) is 7.60. The van der Waals surface area contributed by atoms with Crippen LogP contribution in [0, 0.1) is 6.92 Å². The molecule has 3 aromatic rings. The van der Waals surface area contributed by atoms with E-state index in [4.69, 9.17) is 10.5 Å². The van der Waals surface area contributed by atoms with E-state index >= 15 is 0 Å². The van der Waals surface area contributed by atoms with E-state index in [-0.39, 0.29) is 0 Å². The quantitative estimate of drug-likeness (QED) is 0.691. The van der Waals surface area contributed by atoms with Gasteiger partial charge in [0.15, 0.2) is 0 Å². The lowest BCUT2D eigenvalue weighted by molar-refractivity contribution is 0.100. The number of hydrogen-bond donors (Lipinski definition) is 1. The predicted molar refractivity (Wildman–Crippen MR) is 112 cm³/mol. The summed E-state index contributed by atoms with van der Waals surface area (Å²) >= 11 is 0. The zero-order valence-electron chi connectivity index (χ0n) is 16.8. The highest BCUT2D eigenvalue weighted by molar-refractivity contribution is 5.92. The van der Waals surface area contributed by atoms with Gasteiger partial charge in [-0.1, -0.05) is 12.1 Å². The molecular weight excluding hydrogens is 364 g/mol. The highest BCUT2D eigenvalue weighted by Gasteiger charge is 2.28. The maximum Gasteiger partial charge on any atom is 0.248 e. The molecule has 1 amide bonds. The molecule has 1 saturated heterocycles. The first-order valence-electron chi connectivity index (χ1n) is 9.91. The van der Waals surface area contributed by atoms with Gasteiger partial charge in [0.25, 0.3) is 0 Å². The van der Waals surface area contributed by atoms with Crippen molar-refractivity contribution in [3.63, 3.8) is 0 Å². The number of aryl methyl sites for hydroxylation is 2. The van der Waals surface area contributed by atoms with Crippen molar-refractivity contribution in [3.05, 3.63) is 77.1 Å². The lowest BCUT2D eigenvalue weighted by Crippen LogP contribution is -2.24. The van der Waals surface area contributed by atoms with Gasteiger partial charge in [0.05, 0.1) is 17.4 Å². The summed E-state index contributed by atoms with van der Waals surface area (Å²) in [4.78, 5) is 13.7. The van der Waals surface area contributed by atoms with E-state index in [1.54, 1.807) is 24.3 Å². The lowest BCUT2D eigenvalue weighted by atomic mass is 10.1. The molecule has 0 spiro atoms. The summed E-state index contributed by atoms with van der Waals surface area (Å²) in [5, 5.41) is 4.51. The van der Waals surface area contributed by atoms with Crippen LogP contribution in [-0.2, 0) is 13.6 Å². The molecule has 29 heavy (non-hydrogen) atoms. The van der Waals surface area contributed by atoms with E-state index < -0.39 is 5.91 Å². The fraction of sp³-hybridized carbons (Fsp3) is 0.304. The van der Waals surface area contributed by atoms with Gasteiger partial charge in [0.2, 0.25) is 5.91 Å². The number of primary amides is 1. The molecule has 1 fully saturated rings. The van der Waals surface area contributed by atoms with Gasteiger partial charge in [-0.15, -0.1) is 0 Å². The maximum absolute atomic E-state index is 11.2. The number of aromatic nitrogens is 2. The highest BCUT2D eigenvalue weighted by Crippen LogP contribution is 2.33. The Labute approximate surface area is 170 Å². The van der Waals surface area contributed by atoms with E-state index in [0.717, 1.165) is 24.5 Å². The molecule has 1 aliphatic rings. The zero-order chi connectivity index (χ0) is 20.4. The second kappa shape index (κ2) is 8.09. The molecule has 6 heteroatoms. The number of benzene rings is 2. The molecule has 2 aromatic carbocycles. The van der Waals surface area contributed by atoms with Crippen molar-refractivity contribution in [2.75, 3.05) is 6.54 Å². The number of ether oxygens (including phenoxy) is 1. The molecule has 0 radical (unpaired) electrons. The average Bonchev–Trinajstić information content (AvgIpc) is 3.29. The first kappa shape index (κ1) is 19.2. The summed E-state index contributed by atoms with van der Waals surface area (Å²) in [6.07, 6.45) is 2.37. The third kappa shape index (κ3) is 4.32. The number of carbonyl (C=O) groups is 1. The summed E-state index contributed by atoms with van der Waals surface area (Å²) < 4.78 is 7.88. The van der Waals surface area contributed by atoms with E-state index in [0.29, 0.717) is 17.4 Å². The lowest BCUT2D eigenvalue weighted by Gasteiger charge is -2.24. The fourth-order valence-corrected chi connectivity index (χ4v) is 4.01. The average molecular weight is 390 g/mol. The molecule has 1 aliphatic heterocycles.